The van der Waals surface area contributed by atoms with Crippen molar-refractivity contribution in [2.24, 2.45) is 0 Å². The average molecular weight is 431 g/mol. The van der Waals surface area contributed by atoms with Crippen molar-refractivity contribution in [3.05, 3.63) is 74.6 Å². The molecule has 0 spiro atoms. The number of nitrogens with zero attached hydrogens (tertiary/aromatic N) is 1. The Kier molecular flexibility index (Phi) is 6.23. The number of aryl methyl sites for hydroxylation is 1. The molecule has 2 amide bonds. The van der Waals surface area contributed by atoms with Crippen LogP contribution in [0, 0.1) is 6.92 Å². The van der Waals surface area contributed by atoms with Gasteiger partial charge in [0.25, 0.3) is 11.8 Å². The Labute approximate surface area is 178 Å². The van der Waals surface area contributed by atoms with Crippen molar-refractivity contribution in [3.8, 4) is 0 Å². The van der Waals surface area contributed by atoms with Crippen molar-refractivity contribution >= 4 is 57.8 Å². The quantitative estimate of drug-likeness (QED) is 0.527. The van der Waals surface area contributed by atoms with E-state index in [1.807, 2.05) is 31.2 Å². The highest BCUT2D eigenvalue weighted by Gasteiger charge is 2.34. The summed E-state index contributed by atoms with van der Waals surface area (Å²) < 4.78 is 0.270. The highest BCUT2D eigenvalue weighted by atomic mass is 35.5. The molecule has 28 heavy (non-hydrogen) atoms. The Morgan fingerprint density at radius 2 is 1.89 bits per heavy atom. The maximum Gasteiger partial charge on any atom is 0.285 e. The molecule has 0 aliphatic carbocycles. The summed E-state index contributed by atoms with van der Waals surface area (Å²) in [6.45, 7) is 6.14. The minimum Gasteiger partial charge on any atom is -0.267 e. The van der Waals surface area contributed by atoms with Gasteiger partial charge in [-0.15, -0.1) is 0 Å². The zero-order chi connectivity index (χ0) is 20.4. The average Bonchev–Trinajstić information content (AvgIpc) is 2.89. The predicted molar refractivity (Wildman–Crippen MR) is 119 cm³/mol. The number of halogens is 1. The number of carbonyl (C=O) groups is 2. The SMILES string of the molecule is Cc1ccc(C(=O)NN2C(=O)/C(=C\c3ccc(C(C)C)cc3)SC2=S)c(Cl)c1. The number of amides is 2. The molecule has 2 aromatic rings. The molecular formula is C21H19ClN2O2S2. The van der Waals surface area contributed by atoms with Gasteiger partial charge in [0.15, 0.2) is 4.32 Å². The van der Waals surface area contributed by atoms with E-state index in [9.17, 15) is 9.59 Å². The van der Waals surface area contributed by atoms with Crippen molar-refractivity contribution in [1.29, 1.82) is 0 Å². The fourth-order valence-electron chi connectivity index (χ4n) is 2.66. The molecule has 0 bridgehead atoms. The molecule has 1 heterocycles. The lowest BCUT2D eigenvalue weighted by molar-refractivity contribution is -0.123. The molecule has 1 aliphatic rings. The normalized spacial score (nSPS) is 15.6. The molecule has 0 unspecified atom stereocenters. The smallest absolute Gasteiger partial charge is 0.267 e. The summed E-state index contributed by atoms with van der Waals surface area (Å²) in [4.78, 5) is 25.7. The first-order valence-corrected chi connectivity index (χ1v) is 10.3. The molecule has 2 aromatic carbocycles. The van der Waals surface area contributed by atoms with Crippen LogP contribution >= 0.6 is 35.6 Å². The first kappa shape index (κ1) is 20.6. The molecule has 4 nitrogen and oxygen atoms in total. The van der Waals surface area contributed by atoms with Crippen LogP contribution in [0.15, 0.2) is 47.4 Å². The minimum atomic E-state index is -0.483. The van der Waals surface area contributed by atoms with Gasteiger partial charge in [-0.1, -0.05) is 67.5 Å². The van der Waals surface area contributed by atoms with E-state index in [4.69, 9.17) is 23.8 Å². The molecule has 0 radical (unpaired) electrons. The fourth-order valence-corrected chi connectivity index (χ4v) is 4.16. The lowest BCUT2D eigenvalue weighted by Gasteiger charge is -2.16. The number of hydrogen-bond acceptors (Lipinski definition) is 4. The summed E-state index contributed by atoms with van der Waals surface area (Å²) in [5.74, 6) is -0.403. The molecule has 1 aliphatic heterocycles. The predicted octanol–water partition coefficient (Wildman–Crippen LogP) is 5.32. The number of hydrogen-bond donors (Lipinski definition) is 1. The summed E-state index contributed by atoms with van der Waals surface area (Å²) in [7, 11) is 0. The van der Waals surface area contributed by atoms with E-state index in [0.29, 0.717) is 15.8 Å². The van der Waals surface area contributed by atoms with Crippen LogP contribution in [-0.4, -0.2) is 21.1 Å². The van der Waals surface area contributed by atoms with Gasteiger partial charge >= 0.3 is 0 Å². The number of benzene rings is 2. The van der Waals surface area contributed by atoms with Gasteiger partial charge in [0, 0.05) is 0 Å². The highest BCUT2D eigenvalue weighted by molar-refractivity contribution is 8.26. The third-order valence-electron chi connectivity index (χ3n) is 4.28. The molecule has 7 heteroatoms. The van der Waals surface area contributed by atoms with Gasteiger partial charge in [0.2, 0.25) is 0 Å². The third-order valence-corrected chi connectivity index (χ3v) is 5.89. The van der Waals surface area contributed by atoms with E-state index in [-0.39, 0.29) is 15.8 Å². The van der Waals surface area contributed by atoms with Crippen LogP contribution in [-0.2, 0) is 4.79 Å². The number of thiocarbonyl (C=S) groups is 1. The van der Waals surface area contributed by atoms with Gasteiger partial charge in [0.05, 0.1) is 15.5 Å². The van der Waals surface area contributed by atoms with Gasteiger partial charge in [-0.25, -0.2) is 0 Å². The molecule has 0 saturated carbocycles. The van der Waals surface area contributed by atoms with Crippen molar-refractivity contribution in [1.82, 2.24) is 10.4 Å². The zero-order valence-electron chi connectivity index (χ0n) is 15.7. The van der Waals surface area contributed by atoms with E-state index in [2.05, 4.69) is 19.3 Å². The van der Waals surface area contributed by atoms with E-state index >= 15 is 0 Å². The maximum atomic E-state index is 12.7. The third kappa shape index (κ3) is 4.46. The Hall–Kier alpha value is -2.15. The fraction of sp³-hybridized carbons (Fsp3) is 0.190. The molecule has 1 saturated heterocycles. The van der Waals surface area contributed by atoms with Gasteiger partial charge in [0.1, 0.15) is 0 Å². The van der Waals surface area contributed by atoms with Crippen LogP contribution < -0.4 is 5.43 Å². The maximum absolute atomic E-state index is 12.7. The Morgan fingerprint density at radius 3 is 2.50 bits per heavy atom. The van der Waals surface area contributed by atoms with Gasteiger partial charge in [-0.3, -0.25) is 15.0 Å². The van der Waals surface area contributed by atoms with Crippen LogP contribution in [0.3, 0.4) is 0 Å². The van der Waals surface area contributed by atoms with E-state index in [1.54, 1.807) is 24.3 Å². The Balaban J connectivity index is 1.76. The number of hydrazine groups is 1. The molecule has 0 aromatic heterocycles. The van der Waals surface area contributed by atoms with Crippen LogP contribution in [0.4, 0.5) is 0 Å². The molecular weight excluding hydrogens is 412 g/mol. The summed E-state index contributed by atoms with van der Waals surface area (Å²) >= 11 is 12.6. The lowest BCUT2D eigenvalue weighted by Crippen LogP contribution is -2.44. The van der Waals surface area contributed by atoms with Crippen molar-refractivity contribution in [3.63, 3.8) is 0 Å². The molecule has 1 N–H and O–H groups in total. The van der Waals surface area contributed by atoms with Gasteiger partial charge in [-0.2, -0.15) is 5.01 Å². The monoisotopic (exact) mass is 430 g/mol. The molecule has 3 rings (SSSR count). The largest absolute Gasteiger partial charge is 0.285 e. The number of thioether (sulfide) groups is 1. The molecule has 144 valence electrons. The number of carbonyl (C=O) groups excluding carboxylic acids is 2. The van der Waals surface area contributed by atoms with Gasteiger partial charge in [-0.05, 0) is 60.0 Å². The summed E-state index contributed by atoms with van der Waals surface area (Å²) in [6, 6.07) is 13.1. The summed E-state index contributed by atoms with van der Waals surface area (Å²) in [5.41, 5.74) is 5.91. The van der Waals surface area contributed by atoms with Crippen molar-refractivity contribution in [2.45, 2.75) is 26.7 Å². The van der Waals surface area contributed by atoms with E-state index in [1.165, 1.54) is 5.56 Å². The minimum absolute atomic E-state index is 0.270. The van der Waals surface area contributed by atoms with Crippen LogP contribution in [0.5, 0.6) is 0 Å². The number of rotatable bonds is 4. The standard InChI is InChI=1S/C21H19ClN2O2S2/c1-12(2)15-7-5-14(6-8-15)11-18-20(26)24(21(27)28-18)23-19(25)16-9-4-13(3)10-17(16)22/h4-12H,1-3H3,(H,23,25)/b18-11+. The molecule has 0 atom stereocenters. The highest BCUT2D eigenvalue weighted by Crippen LogP contribution is 2.32. The van der Waals surface area contributed by atoms with Crippen molar-refractivity contribution < 1.29 is 9.59 Å². The van der Waals surface area contributed by atoms with Gasteiger partial charge < -0.3 is 0 Å². The summed E-state index contributed by atoms with van der Waals surface area (Å²) in [5, 5.41) is 1.41. The van der Waals surface area contributed by atoms with Crippen LogP contribution in [0.2, 0.25) is 5.02 Å². The second-order valence-electron chi connectivity index (χ2n) is 6.76. The Morgan fingerprint density at radius 1 is 1.21 bits per heavy atom. The first-order chi connectivity index (χ1) is 13.3. The van der Waals surface area contributed by atoms with Crippen molar-refractivity contribution in [2.75, 3.05) is 0 Å². The second-order valence-corrected chi connectivity index (χ2v) is 8.85. The van der Waals surface area contributed by atoms with E-state index < -0.39 is 5.91 Å². The molecule has 1 fully saturated rings. The Bertz CT molecular complexity index is 984. The summed E-state index contributed by atoms with van der Waals surface area (Å²) in [6.07, 6.45) is 1.77. The zero-order valence-corrected chi connectivity index (χ0v) is 18.0. The van der Waals surface area contributed by atoms with E-state index in [0.717, 1.165) is 27.9 Å². The first-order valence-electron chi connectivity index (χ1n) is 8.71. The second kappa shape index (κ2) is 8.47. The topological polar surface area (TPSA) is 49.4 Å². The van der Waals surface area contributed by atoms with Crippen LogP contribution in [0.1, 0.15) is 46.8 Å². The van der Waals surface area contributed by atoms with Crippen LogP contribution in [0.25, 0.3) is 6.08 Å². The lowest BCUT2D eigenvalue weighted by atomic mass is 10.0. The number of nitrogens with one attached hydrogen (secondary N) is 1.